The summed E-state index contributed by atoms with van der Waals surface area (Å²) in [7, 11) is 0. The van der Waals surface area contributed by atoms with Crippen molar-refractivity contribution in [1.29, 1.82) is 0 Å². The van der Waals surface area contributed by atoms with Gasteiger partial charge in [0.2, 0.25) is 0 Å². The Morgan fingerprint density at radius 2 is 1.17 bits per heavy atom. The maximum atomic E-state index is 12.4. The standard InChI is InChI=1S/C20H15NO2/c22-19(15-8-3-1-4-9-15)16-10-7-11-17(14-16)20(23)21-18-12-5-2-6-13-18/h1-14H,(H,21,23). The van der Waals surface area contributed by atoms with Crippen LogP contribution in [0, 0.1) is 0 Å². The van der Waals surface area contributed by atoms with Crippen LogP contribution in [0.2, 0.25) is 0 Å². The van der Waals surface area contributed by atoms with Crippen LogP contribution in [-0.2, 0) is 0 Å². The van der Waals surface area contributed by atoms with E-state index in [2.05, 4.69) is 5.32 Å². The molecule has 0 aliphatic carbocycles. The highest BCUT2D eigenvalue weighted by Crippen LogP contribution is 2.14. The molecule has 0 heterocycles. The molecule has 0 atom stereocenters. The van der Waals surface area contributed by atoms with Gasteiger partial charge < -0.3 is 5.32 Å². The number of rotatable bonds is 4. The Hall–Kier alpha value is -3.20. The smallest absolute Gasteiger partial charge is 0.255 e. The van der Waals surface area contributed by atoms with Crippen LogP contribution in [0.1, 0.15) is 26.3 Å². The molecule has 0 saturated carbocycles. The highest BCUT2D eigenvalue weighted by Gasteiger charge is 2.12. The Kier molecular flexibility index (Phi) is 4.29. The zero-order valence-electron chi connectivity index (χ0n) is 12.4. The van der Waals surface area contributed by atoms with E-state index in [0.29, 0.717) is 16.7 Å². The monoisotopic (exact) mass is 301 g/mol. The topological polar surface area (TPSA) is 46.2 Å². The molecule has 3 heteroatoms. The number of para-hydroxylation sites is 1. The highest BCUT2D eigenvalue weighted by molar-refractivity contribution is 6.11. The summed E-state index contributed by atoms with van der Waals surface area (Å²) in [6, 6.07) is 25.0. The van der Waals surface area contributed by atoms with Crippen molar-refractivity contribution in [2.45, 2.75) is 0 Å². The van der Waals surface area contributed by atoms with Crippen molar-refractivity contribution in [2.75, 3.05) is 5.32 Å². The summed E-state index contributed by atoms with van der Waals surface area (Å²) in [5.74, 6) is -0.334. The molecule has 0 unspecified atom stereocenters. The van der Waals surface area contributed by atoms with Crippen LogP contribution in [0.15, 0.2) is 84.9 Å². The Balaban J connectivity index is 1.82. The van der Waals surface area contributed by atoms with Crippen LogP contribution in [0.3, 0.4) is 0 Å². The van der Waals surface area contributed by atoms with Gasteiger partial charge in [0, 0.05) is 22.4 Å². The number of amides is 1. The predicted octanol–water partition coefficient (Wildman–Crippen LogP) is 4.17. The van der Waals surface area contributed by atoms with Gasteiger partial charge in [0.15, 0.2) is 5.78 Å². The molecule has 1 N–H and O–H groups in total. The van der Waals surface area contributed by atoms with Gasteiger partial charge in [-0.15, -0.1) is 0 Å². The molecule has 23 heavy (non-hydrogen) atoms. The summed E-state index contributed by atoms with van der Waals surface area (Å²) in [5.41, 5.74) is 2.28. The van der Waals surface area contributed by atoms with Crippen molar-refractivity contribution in [3.05, 3.63) is 102 Å². The molecular weight excluding hydrogens is 286 g/mol. The van der Waals surface area contributed by atoms with Crippen molar-refractivity contribution in [1.82, 2.24) is 0 Å². The lowest BCUT2D eigenvalue weighted by molar-refractivity contribution is 0.102. The van der Waals surface area contributed by atoms with Crippen LogP contribution in [0.4, 0.5) is 5.69 Å². The molecule has 112 valence electrons. The zero-order chi connectivity index (χ0) is 16.1. The van der Waals surface area contributed by atoms with E-state index in [1.807, 2.05) is 48.5 Å². The van der Waals surface area contributed by atoms with E-state index in [9.17, 15) is 9.59 Å². The molecule has 0 aromatic heterocycles. The van der Waals surface area contributed by atoms with Crippen molar-refractivity contribution in [3.63, 3.8) is 0 Å². The Morgan fingerprint density at radius 1 is 0.609 bits per heavy atom. The van der Waals surface area contributed by atoms with Gasteiger partial charge in [-0.3, -0.25) is 9.59 Å². The van der Waals surface area contributed by atoms with Crippen LogP contribution < -0.4 is 5.32 Å². The summed E-state index contributed by atoms with van der Waals surface area (Å²) in [6.45, 7) is 0. The van der Waals surface area contributed by atoms with Gasteiger partial charge in [-0.25, -0.2) is 0 Å². The van der Waals surface area contributed by atoms with E-state index in [1.165, 1.54) is 0 Å². The lowest BCUT2D eigenvalue weighted by Crippen LogP contribution is -2.13. The van der Waals surface area contributed by atoms with E-state index in [-0.39, 0.29) is 11.7 Å². The molecule has 1 amide bonds. The van der Waals surface area contributed by atoms with Crippen molar-refractivity contribution < 1.29 is 9.59 Å². The largest absolute Gasteiger partial charge is 0.322 e. The second-order valence-electron chi connectivity index (χ2n) is 5.10. The molecular formula is C20H15NO2. The lowest BCUT2D eigenvalue weighted by Gasteiger charge is -2.07. The number of benzene rings is 3. The number of carbonyl (C=O) groups excluding carboxylic acids is 2. The number of hydrogen-bond acceptors (Lipinski definition) is 2. The van der Waals surface area contributed by atoms with E-state index in [4.69, 9.17) is 0 Å². The molecule has 0 fully saturated rings. The van der Waals surface area contributed by atoms with Crippen molar-refractivity contribution in [2.24, 2.45) is 0 Å². The molecule has 0 radical (unpaired) electrons. The average molecular weight is 301 g/mol. The average Bonchev–Trinajstić information content (AvgIpc) is 2.63. The van der Waals surface area contributed by atoms with Gasteiger partial charge in [0.25, 0.3) is 5.91 Å². The second-order valence-corrected chi connectivity index (χ2v) is 5.10. The predicted molar refractivity (Wildman–Crippen MR) is 90.7 cm³/mol. The molecule has 0 bridgehead atoms. The summed E-state index contributed by atoms with van der Waals surface area (Å²) in [5, 5.41) is 2.81. The number of ketones is 1. The normalized spacial score (nSPS) is 10.1. The first-order chi connectivity index (χ1) is 11.2. The first-order valence-electron chi connectivity index (χ1n) is 7.30. The van der Waals surface area contributed by atoms with Crippen LogP contribution in [0.25, 0.3) is 0 Å². The van der Waals surface area contributed by atoms with Gasteiger partial charge >= 0.3 is 0 Å². The third-order valence-electron chi connectivity index (χ3n) is 3.45. The zero-order valence-corrected chi connectivity index (χ0v) is 12.4. The quantitative estimate of drug-likeness (QED) is 0.735. The minimum absolute atomic E-state index is 0.0973. The maximum absolute atomic E-state index is 12.4. The third kappa shape index (κ3) is 3.52. The molecule has 0 spiro atoms. The van der Waals surface area contributed by atoms with Crippen LogP contribution in [-0.4, -0.2) is 11.7 Å². The van der Waals surface area contributed by atoms with E-state index < -0.39 is 0 Å². The number of hydrogen-bond donors (Lipinski definition) is 1. The van der Waals surface area contributed by atoms with E-state index in [0.717, 1.165) is 5.69 Å². The van der Waals surface area contributed by atoms with Gasteiger partial charge in [0.1, 0.15) is 0 Å². The van der Waals surface area contributed by atoms with Gasteiger partial charge in [-0.1, -0.05) is 60.7 Å². The van der Waals surface area contributed by atoms with Gasteiger partial charge in [-0.05, 0) is 24.3 Å². The Morgan fingerprint density at radius 3 is 1.87 bits per heavy atom. The minimum atomic E-state index is -0.237. The van der Waals surface area contributed by atoms with Crippen LogP contribution in [0.5, 0.6) is 0 Å². The summed E-state index contributed by atoms with van der Waals surface area (Å²) < 4.78 is 0. The maximum Gasteiger partial charge on any atom is 0.255 e. The molecule has 3 aromatic carbocycles. The lowest BCUT2D eigenvalue weighted by atomic mass is 10.0. The number of nitrogens with one attached hydrogen (secondary N) is 1. The Bertz CT molecular complexity index is 827. The fraction of sp³-hybridized carbons (Fsp3) is 0. The minimum Gasteiger partial charge on any atom is -0.322 e. The molecule has 0 saturated heterocycles. The molecule has 3 aromatic rings. The summed E-state index contributed by atoms with van der Waals surface area (Å²) in [6.07, 6.45) is 0. The fourth-order valence-corrected chi connectivity index (χ4v) is 2.28. The van der Waals surface area contributed by atoms with E-state index in [1.54, 1.807) is 36.4 Å². The second kappa shape index (κ2) is 6.71. The van der Waals surface area contributed by atoms with Crippen molar-refractivity contribution in [3.8, 4) is 0 Å². The third-order valence-corrected chi connectivity index (χ3v) is 3.45. The summed E-state index contributed by atoms with van der Waals surface area (Å²) >= 11 is 0. The van der Waals surface area contributed by atoms with E-state index >= 15 is 0 Å². The Labute approximate surface area is 134 Å². The molecule has 0 aliphatic rings. The molecule has 3 nitrogen and oxygen atoms in total. The van der Waals surface area contributed by atoms with Gasteiger partial charge in [0.05, 0.1) is 0 Å². The van der Waals surface area contributed by atoms with Crippen LogP contribution >= 0.6 is 0 Å². The summed E-state index contributed by atoms with van der Waals surface area (Å²) in [4.78, 5) is 24.8. The number of carbonyl (C=O) groups is 2. The SMILES string of the molecule is O=C(Nc1ccccc1)c1cccc(C(=O)c2ccccc2)c1. The molecule has 3 rings (SSSR count). The first-order valence-corrected chi connectivity index (χ1v) is 7.30. The molecule has 0 aliphatic heterocycles. The van der Waals surface area contributed by atoms with Gasteiger partial charge in [-0.2, -0.15) is 0 Å². The fourth-order valence-electron chi connectivity index (χ4n) is 2.28. The first kappa shape index (κ1) is 14.7. The highest BCUT2D eigenvalue weighted by atomic mass is 16.1. The van der Waals surface area contributed by atoms with Crippen molar-refractivity contribution >= 4 is 17.4 Å². The number of anilines is 1.